The van der Waals surface area contributed by atoms with Crippen LogP contribution in [-0.2, 0) is 19.4 Å². The molecular formula is C24H27N3O6S. The number of carbonyl (C=O) groups is 1. The number of hydrogen-bond donors (Lipinski definition) is 0. The number of carbonyl (C=O) groups excluding carboxylic acids is 1. The highest BCUT2D eigenvalue weighted by Crippen LogP contribution is 2.38. The number of benzene rings is 2. The summed E-state index contributed by atoms with van der Waals surface area (Å²) in [7, 11) is -0.962. The van der Waals surface area contributed by atoms with Crippen LogP contribution in [0.3, 0.4) is 0 Å². The van der Waals surface area contributed by atoms with E-state index in [-0.39, 0.29) is 34.2 Å². The van der Waals surface area contributed by atoms with Gasteiger partial charge in [-0.3, -0.25) is 4.79 Å². The molecule has 2 aromatic carbocycles. The predicted octanol–water partition coefficient (Wildman–Crippen LogP) is 2.79. The van der Waals surface area contributed by atoms with Gasteiger partial charge in [0.1, 0.15) is 12.4 Å². The molecular weight excluding hydrogens is 458 g/mol. The minimum Gasteiger partial charge on any atom is -0.496 e. The second-order valence-corrected chi connectivity index (χ2v) is 9.81. The first kappa shape index (κ1) is 23.8. The fourth-order valence-corrected chi connectivity index (χ4v) is 5.13. The number of sulfone groups is 1. The Hall–Kier alpha value is -3.37. The van der Waals surface area contributed by atoms with E-state index in [4.69, 9.17) is 13.9 Å². The van der Waals surface area contributed by atoms with Crippen molar-refractivity contribution in [3.05, 3.63) is 54.1 Å². The molecule has 4 rings (SSSR count). The Kier molecular flexibility index (Phi) is 6.90. The smallest absolute Gasteiger partial charge is 0.248 e. The molecule has 1 aliphatic heterocycles. The molecule has 0 unspecified atom stereocenters. The first-order chi connectivity index (χ1) is 16.3. The molecule has 1 aromatic heterocycles. The summed E-state index contributed by atoms with van der Waals surface area (Å²) >= 11 is 0. The van der Waals surface area contributed by atoms with Gasteiger partial charge >= 0.3 is 0 Å². The number of para-hydroxylation sites is 1. The lowest BCUT2D eigenvalue weighted by molar-refractivity contribution is -0.135. The molecule has 0 atom stereocenters. The highest BCUT2D eigenvalue weighted by Gasteiger charge is 2.34. The van der Waals surface area contributed by atoms with E-state index >= 15 is 0 Å². The van der Waals surface area contributed by atoms with Crippen molar-refractivity contribution < 1.29 is 27.1 Å². The van der Waals surface area contributed by atoms with Crippen molar-refractivity contribution >= 4 is 21.6 Å². The topological polar surface area (TPSA) is 102 Å². The Balaban J connectivity index is 1.75. The van der Waals surface area contributed by atoms with Crippen LogP contribution >= 0.6 is 0 Å². The zero-order valence-electron chi connectivity index (χ0n) is 19.4. The average Bonchev–Trinajstić information content (AvgIpc) is 3.31. The molecule has 34 heavy (non-hydrogen) atoms. The van der Waals surface area contributed by atoms with Gasteiger partial charge in [-0.2, -0.15) is 4.98 Å². The van der Waals surface area contributed by atoms with E-state index in [0.29, 0.717) is 37.5 Å². The van der Waals surface area contributed by atoms with Crippen LogP contribution in [0.25, 0.3) is 11.5 Å². The third-order valence-corrected chi connectivity index (χ3v) is 7.36. The Morgan fingerprint density at radius 3 is 2.35 bits per heavy atom. The lowest BCUT2D eigenvalue weighted by Crippen LogP contribution is -2.49. The molecule has 3 aromatic rings. The number of oxazole rings is 1. The summed E-state index contributed by atoms with van der Waals surface area (Å²) in [6.07, 6.45) is 0. The van der Waals surface area contributed by atoms with Crippen LogP contribution in [0.4, 0.5) is 5.88 Å². The van der Waals surface area contributed by atoms with E-state index in [9.17, 15) is 13.2 Å². The second-order valence-electron chi connectivity index (χ2n) is 7.95. The van der Waals surface area contributed by atoms with E-state index in [1.807, 2.05) is 17.9 Å². The van der Waals surface area contributed by atoms with E-state index in [2.05, 4.69) is 4.98 Å². The number of methoxy groups -OCH3 is 2. The third kappa shape index (κ3) is 4.64. The minimum absolute atomic E-state index is 0.00725. The van der Waals surface area contributed by atoms with Gasteiger partial charge in [-0.05, 0) is 31.2 Å². The SMILES string of the molecule is COCC(=O)N1CCN(c2oc(-c3ccccc3OC)nc2S(=O)(=O)c2ccc(C)cc2)CC1. The van der Waals surface area contributed by atoms with Crippen LogP contribution in [0.5, 0.6) is 5.75 Å². The number of ether oxygens (including phenoxy) is 2. The van der Waals surface area contributed by atoms with Crippen LogP contribution in [0.15, 0.2) is 62.9 Å². The van der Waals surface area contributed by atoms with Crippen molar-refractivity contribution in [2.45, 2.75) is 16.8 Å². The fraction of sp³-hybridized carbons (Fsp3) is 0.333. The maximum atomic E-state index is 13.6. The molecule has 0 saturated carbocycles. The first-order valence-electron chi connectivity index (χ1n) is 10.8. The van der Waals surface area contributed by atoms with Gasteiger partial charge in [0, 0.05) is 33.3 Å². The van der Waals surface area contributed by atoms with Crippen molar-refractivity contribution in [2.24, 2.45) is 0 Å². The maximum Gasteiger partial charge on any atom is 0.248 e. The van der Waals surface area contributed by atoms with Crippen LogP contribution in [0.2, 0.25) is 0 Å². The van der Waals surface area contributed by atoms with Crippen molar-refractivity contribution in [2.75, 3.05) is 51.9 Å². The molecule has 10 heteroatoms. The summed E-state index contributed by atoms with van der Waals surface area (Å²) in [4.78, 5) is 20.2. The van der Waals surface area contributed by atoms with Gasteiger partial charge in [-0.25, -0.2) is 8.42 Å². The molecule has 0 bridgehead atoms. The fourth-order valence-electron chi connectivity index (χ4n) is 3.81. The summed E-state index contributed by atoms with van der Waals surface area (Å²) in [6, 6.07) is 13.7. The van der Waals surface area contributed by atoms with Crippen LogP contribution in [0.1, 0.15) is 5.56 Å². The molecule has 9 nitrogen and oxygen atoms in total. The molecule has 0 spiro atoms. The van der Waals surface area contributed by atoms with Gasteiger partial charge in [0.25, 0.3) is 0 Å². The highest BCUT2D eigenvalue weighted by atomic mass is 32.2. The van der Waals surface area contributed by atoms with E-state index in [1.165, 1.54) is 14.2 Å². The normalized spacial score (nSPS) is 14.3. The zero-order valence-corrected chi connectivity index (χ0v) is 20.2. The molecule has 2 heterocycles. The number of aromatic nitrogens is 1. The predicted molar refractivity (Wildman–Crippen MR) is 126 cm³/mol. The van der Waals surface area contributed by atoms with E-state index in [0.717, 1.165) is 5.56 Å². The third-order valence-electron chi connectivity index (χ3n) is 5.69. The maximum absolute atomic E-state index is 13.6. The van der Waals surface area contributed by atoms with Crippen LogP contribution in [0, 0.1) is 6.92 Å². The summed E-state index contributed by atoms with van der Waals surface area (Å²) in [6.45, 7) is 3.52. The molecule has 1 aliphatic rings. The lowest BCUT2D eigenvalue weighted by Gasteiger charge is -2.34. The standard InChI is InChI=1S/C24H27N3O6S/c1-17-8-10-18(11-9-17)34(29,30)23-24(27-14-12-26(13-15-27)21(28)16-31-2)33-22(25-23)19-6-4-5-7-20(19)32-3/h4-11H,12-16H2,1-3H3. The van der Waals surface area contributed by atoms with Crippen LogP contribution in [-0.4, -0.2) is 71.2 Å². The summed E-state index contributed by atoms with van der Waals surface area (Å²) in [5, 5.41) is -0.158. The molecule has 0 N–H and O–H groups in total. The van der Waals surface area contributed by atoms with E-state index in [1.54, 1.807) is 47.4 Å². The van der Waals surface area contributed by atoms with Crippen molar-refractivity contribution in [1.82, 2.24) is 9.88 Å². The van der Waals surface area contributed by atoms with Gasteiger partial charge in [0.05, 0.1) is 17.6 Å². The molecule has 0 aliphatic carbocycles. The van der Waals surface area contributed by atoms with Gasteiger partial charge in [-0.15, -0.1) is 0 Å². The number of hydrogen-bond acceptors (Lipinski definition) is 8. The minimum atomic E-state index is -3.97. The molecule has 1 amide bonds. The summed E-state index contributed by atoms with van der Waals surface area (Å²) in [5.74, 6) is 0.711. The Bertz CT molecular complexity index is 1260. The monoisotopic (exact) mass is 485 g/mol. The largest absolute Gasteiger partial charge is 0.496 e. The van der Waals surface area contributed by atoms with Crippen LogP contribution < -0.4 is 9.64 Å². The van der Waals surface area contributed by atoms with Crippen molar-refractivity contribution in [3.8, 4) is 17.2 Å². The number of rotatable bonds is 7. The highest BCUT2D eigenvalue weighted by molar-refractivity contribution is 7.91. The lowest BCUT2D eigenvalue weighted by atomic mass is 10.2. The van der Waals surface area contributed by atoms with Gasteiger partial charge in [-0.1, -0.05) is 29.8 Å². The Morgan fingerprint density at radius 2 is 1.71 bits per heavy atom. The molecule has 1 fully saturated rings. The number of amides is 1. The molecule has 180 valence electrons. The summed E-state index contributed by atoms with van der Waals surface area (Å²) in [5.41, 5.74) is 1.50. The first-order valence-corrected chi connectivity index (χ1v) is 12.3. The quantitative estimate of drug-likeness (QED) is 0.504. The zero-order chi connectivity index (χ0) is 24.3. The van der Waals surface area contributed by atoms with Crippen molar-refractivity contribution in [1.29, 1.82) is 0 Å². The summed E-state index contributed by atoms with van der Waals surface area (Å²) < 4.78 is 43.7. The molecule has 1 saturated heterocycles. The number of nitrogens with zero attached hydrogens (tertiary/aromatic N) is 3. The number of anilines is 1. The van der Waals surface area contributed by atoms with Crippen molar-refractivity contribution in [3.63, 3.8) is 0 Å². The number of aryl methyl sites for hydroxylation is 1. The van der Waals surface area contributed by atoms with Gasteiger partial charge < -0.3 is 23.7 Å². The second kappa shape index (κ2) is 9.86. The number of piperazine rings is 1. The van der Waals surface area contributed by atoms with E-state index < -0.39 is 9.84 Å². The Morgan fingerprint density at radius 1 is 1.03 bits per heavy atom. The van der Waals surface area contributed by atoms with Gasteiger partial charge in [0.15, 0.2) is 0 Å². The Labute approximate surface area is 198 Å². The molecule has 0 radical (unpaired) electrons. The average molecular weight is 486 g/mol. The van der Waals surface area contributed by atoms with Gasteiger partial charge in [0.2, 0.25) is 32.5 Å².